The van der Waals surface area contributed by atoms with Crippen molar-refractivity contribution >= 4 is 28.6 Å². The Balaban J connectivity index is 1.91. The number of benzene rings is 1. The summed E-state index contributed by atoms with van der Waals surface area (Å²) in [6.07, 6.45) is 6.61. The lowest BCUT2D eigenvalue weighted by Gasteiger charge is -2.11. The van der Waals surface area contributed by atoms with Crippen LogP contribution in [0.3, 0.4) is 0 Å². The summed E-state index contributed by atoms with van der Waals surface area (Å²) in [7, 11) is 0. The highest BCUT2D eigenvalue weighted by Crippen LogP contribution is 2.22. The van der Waals surface area contributed by atoms with Crippen molar-refractivity contribution in [3.8, 4) is 0 Å². The highest BCUT2D eigenvalue weighted by molar-refractivity contribution is 7.98. The molecular formula is C17H25N3OS. The van der Waals surface area contributed by atoms with Crippen LogP contribution in [0.2, 0.25) is 0 Å². The highest BCUT2D eigenvalue weighted by Gasteiger charge is 2.12. The van der Waals surface area contributed by atoms with Crippen molar-refractivity contribution in [3.63, 3.8) is 0 Å². The van der Waals surface area contributed by atoms with Gasteiger partial charge in [-0.25, -0.2) is 0 Å². The zero-order valence-electron chi connectivity index (χ0n) is 13.3. The summed E-state index contributed by atoms with van der Waals surface area (Å²) in [5.41, 5.74) is 9.64. The van der Waals surface area contributed by atoms with Crippen LogP contribution >= 0.6 is 11.8 Å². The molecule has 22 heavy (non-hydrogen) atoms. The molecule has 0 aliphatic heterocycles. The second kappa shape index (κ2) is 8.25. The molecule has 0 unspecified atom stereocenters. The van der Waals surface area contributed by atoms with Crippen molar-refractivity contribution in [3.05, 3.63) is 35.5 Å². The first-order valence-corrected chi connectivity index (χ1v) is 9.16. The van der Waals surface area contributed by atoms with Crippen LogP contribution in [0.25, 0.3) is 10.9 Å². The number of H-pyrrole nitrogens is 1. The number of para-hydroxylation sites is 1. The maximum absolute atomic E-state index is 11.9. The fourth-order valence-electron chi connectivity index (χ4n) is 2.60. The summed E-state index contributed by atoms with van der Waals surface area (Å²) in [6, 6.07) is 5.97. The second-order valence-corrected chi connectivity index (χ2v) is 6.42. The molecule has 0 radical (unpaired) electrons. The Hall–Kier alpha value is -1.46. The molecule has 5 heteroatoms. The van der Waals surface area contributed by atoms with Gasteiger partial charge in [0, 0.05) is 23.6 Å². The average Bonchev–Trinajstić information content (AvgIpc) is 2.95. The first-order chi connectivity index (χ1) is 10.7. The highest BCUT2D eigenvalue weighted by atomic mass is 32.2. The number of nitrogens with two attached hydrogens (primary N) is 1. The lowest BCUT2D eigenvalue weighted by atomic mass is 10.1. The molecule has 0 bridgehead atoms. The summed E-state index contributed by atoms with van der Waals surface area (Å²) in [5, 5.41) is 4.19. The number of hydrogen-bond acceptors (Lipinski definition) is 3. The molecule has 1 aromatic carbocycles. The van der Waals surface area contributed by atoms with Gasteiger partial charge in [-0.2, -0.15) is 11.8 Å². The van der Waals surface area contributed by atoms with Gasteiger partial charge >= 0.3 is 0 Å². The van der Waals surface area contributed by atoms with Gasteiger partial charge in [0.2, 0.25) is 5.91 Å². The van der Waals surface area contributed by atoms with Gasteiger partial charge < -0.3 is 16.0 Å². The van der Waals surface area contributed by atoms with Crippen LogP contribution in [-0.4, -0.2) is 35.5 Å². The molecule has 2 rings (SSSR count). The number of hydrogen-bond donors (Lipinski definition) is 3. The second-order valence-electron chi connectivity index (χ2n) is 5.44. The molecule has 0 fully saturated rings. The first kappa shape index (κ1) is 16.9. The molecule has 1 amide bonds. The van der Waals surface area contributed by atoms with Gasteiger partial charge in [-0.05, 0) is 42.4 Å². The summed E-state index contributed by atoms with van der Waals surface area (Å²) in [4.78, 5) is 15.2. The standard InChI is InChI=1S/C17H25N3OS/c1-3-12-5-4-6-14-13(11-20-16(12)14)7-9-19-17(21)15(18)8-10-22-2/h4-6,11,15,20H,3,7-10,18H2,1-2H3,(H,19,21)/t15-/m0/s1. The Morgan fingerprint density at radius 2 is 2.23 bits per heavy atom. The van der Waals surface area contributed by atoms with Crippen molar-refractivity contribution in [1.29, 1.82) is 0 Å². The fourth-order valence-corrected chi connectivity index (χ4v) is 3.09. The van der Waals surface area contributed by atoms with Crippen molar-refractivity contribution in [2.24, 2.45) is 5.73 Å². The van der Waals surface area contributed by atoms with E-state index < -0.39 is 6.04 Å². The molecule has 2 aromatic rings. The van der Waals surface area contributed by atoms with Crippen molar-refractivity contribution in [2.45, 2.75) is 32.2 Å². The Morgan fingerprint density at radius 1 is 1.41 bits per heavy atom. The minimum absolute atomic E-state index is 0.0526. The zero-order valence-corrected chi connectivity index (χ0v) is 14.1. The van der Waals surface area contributed by atoms with E-state index in [4.69, 9.17) is 5.73 Å². The third kappa shape index (κ3) is 4.05. The Kier molecular flexibility index (Phi) is 6.34. The third-order valence-electron chi connectivity index (χ3n) is 3.93. The molecule has 4 N–H and O–H groups in total. The maximum atomic E-state index is 11.9. The number of amides is 1. The van der Waals surface area contributed by atoms with E-state index in [2.05, 4.69) is 35.4 Å². The van der Waals surface area contributed by atoms with Gasteiger partial charge in [-0.3, -0.25) is 4.79 Å². The predicted octanol–water partition coefficient (Wildman–Crippen LogP) is 2.47. The van der Waals surface area contributed by atoms with E-state index in [-0.39, 0.29) is 5.91 Å². The number of carbonyl (C=O) groups is 1. The quantitative estimate of drug-likeness (QED) is 0.700. The molecule has 1 heterocycles. The van der Waals surface area contributed by atoms with Crippen LogP contribution in [0.1, 0.15) is 24.5 Å². The van der Waals surface area contributed by atoms with Crippen LogP contribution < -0.4 is 11.1 Å². The van der Waals surface area contributed by atoms with Crippen LogP contribution in [0.15, 0.2) is 24.4 Å². The SMILES string of the molecule is CCc1cccc2c(CCNC(=O)[C@@H](N)CCSC)c[nH]c12. The topological polar surface area (TPSA) is 70.9 Å². The van der Waals surface area contributed by atoms with Crippen molar-refractivity contribution < 1.29 is 4.79 Å². The van der Waals surface area contributed by atoms with E-state index in [0.29, 0.717) is 6.54 Å². The molecular weight excluding hydrogens is 294 g/mol. The lowest BCUT2D eigenvalue weighted by molar-refractivity contribution is -0.122. The molecule has 1 aromatic heterocycles. The van der Waals surface area contributed by atoms with Gasteiger partial charge in [0.15, 0.2) is 0 Å². The van der Waals surface area contributed by atoms with Crippen LogP contribution in [0, 0.1) is 0 Å². The molecule has 4 nitrogen and oxygen atoms in total. The van der Waals surface area contributed by atoms with E-state index in [0.717, 1.165) is 25.0 Å². The van der Waals surface area contributed by atoms with E-state index in [1.54, 1.807) is 11.8 Å². The number of carbonyl (C=O) groups excluding carboxylic acids is 1. The Morgan fingerprint density at radius 3 is 2.95 bits per heavy atom. The average molecular weight is 319 g/mol. The monoisotopic (exact) mass is 319 g/mol. The van der Waals surface area contributed by atoms with Gasteiger partial charge in [-0.15, -0.1) is 0 Å². The first-order valence-electron chi connectivity index (χ1n) is 7.77. The van der Waals surface area contributed by atoms with Crippen molar-refractivity contribution in [1.82, 2.24) is 10.3 Å². The minimum atomic E-state index is -0.401. The van der Waals surface area contributed by atoms with Gasteiger partial charge in [0.05, 0.1) is 6.04 Å². The number of thioether (sulfide) groups is 1. The van der Waals surface area contributed by atoms with E-state index in [9.17, 15) is 4.79 Å². The predicted molar refractivity (Wildman–Crippen MR) is 95.4 cm³/mol. The molecule has 0 aliphatic rings. The summed E-state index contributed by atoms with van der Waals surface area (Å²) in [5.74, 6) is 0.861. The third-order valence-corrected chi connectivity index (χ3v) is 4.58. The molecule has 0 saturated heterocycles. The van der Waals surface area contributed by atoms with E-state index in [1.165, 1.54) is 22.0 Å². The molecule has 120 valence electrons. The summed E-state index contributed by atoms with van der Waals surface area (Å²) < 4.78 is 0. The van der Waals surface area contributed by atoms with Gasteiger partial charge in [0.1, 0.15) is 0 Å². The minimum Gasteiger partial charge on any atom is -0.361 e. The number of rotatable bonds is 8. The van der Waals surface area contributed by atoms with Gasteiger partial charge in [0.25, 0.3) is 0 Å². The Bertz CT molecular complexity index is 623. The van der Waals surface area contributed by atoms with E-state index >= 15 is 0 Å². The zero-order chi connectivity index (χ0) is 15.9. The number of aromatic amines is 1. The fraction of sp³-hybridized carbons (Fsp3) is 0.471. The van der Waals surface area contributed by atoms with Gasteiger partial charge in [-0.1, -0.05) is 25.1 Å². The van der Waals surface area contributed by atoms with Crippen molar-refractivity contribution in [2.75, 3.05) is 18.6 Å². The molecule has 0 aliphatic carbocycles. The number of aromatic nitrogens is 1. The van der Waals surface area contributed by atoms with Crippen LogP contribution in [-0.2, 0) is 17.6 Å². The smallest absolute Gasteiger partial charge is 0.236 e. The number of fused-ring (bicyclic) bond motifs is 1. The Labute approximate surface area is 136 Å². The molecule has 1 atom stereocenters. The molecule has 0 spiro atoms. The largest absolute Gasteiger partial charge is 0.361 e. The number of nitrogens with one attached hydrogen (secondary N) is 2. The maximum Gasteiger partial charge on any atom is 0.236 e. The van der Waals surface area contributed by atoms with Crippen LogP contribution in [0.4, 0.5) is 0 Å². The summed E-state index contributed by atoms with van der Waals surface area (Å²) >= 11 is 1.71. The lowest BCUT2D eigenvalue weighted by Crippen LogP contribution is -2.41. The normalized spacial score (nSPS) is 12.5. The number of aryl methyl sites for hydroxylation is 1. The van der Waals surface area contributed by atoms with E-state index in [1.807, 2.05) is 12.5 Å². The molecule has 0 saturated carbocycles. The van der Waals surface area contributed by atoms with Crippen LogP contribution in [0.5, 0.6) is 0 Å². The summed E-state index contributed by atoms with van der Waals surface area (Å²) in [6.45, 7) is 2.78.